The third-order valence-electron chi connectivity index (χ3n) is 3.34. The zero-order valence-electron chi connectivity index (χ0n) is 14.1. The van der Waals surface area contributed by atoms with Crippen LogP contribution >= 0.6 is 22.9 Å². The summed E-state index contributed by atoms with van der Waals surface area (Å²) >= 11 is 7.35. The van der Waals surface area contributed by atoms with Crippen molar-refractivity contribution < 1.29 is 9.59 Å². The van der Waals surface area contributed by atoms with Crippen LogP contribution in [0.4, 0.5) is 10.8 Å². The van der Waals surface area contributed by atoms with E-state index in [-0.39, 0.29) is 18.2 Å². The molecule has 7 heteroatoms. The van der Waals surface area contributed by atoms with Gasteiger partial charge in [0.05, 0.1) is 12.1 Å². The molecule has 0 saturated carbocycles. The Hall–Kier alpha value is -1.92. The molecule has 0 radical (unpaired) electrons. The highest BCUT2D eigenvalue weighted by Crippen LogP contribution is 2.24. The molecular formula is C17H20ClN3O2S. The summed E-state index contributed by atoms with van der Waals surface area (Å²) < 4.78 is 0. The molecule has 0 aliphatic carbocycles. The Labute approximate surface area is 150 Å². The Morgan fingerprint density at radius 3 is 2.62 bits per heavy atom. The molecule has 1 aromatic carbocycles. The van der Waals surface area contributed by atoms with Crippen molar-refractivity contribution in [2.75, 3.05) is 10.6 Å². The SMILES string of the molecule is Cc1c(Cl)cccc1NC(=O)Cc1csc(NC(=O)C(C)(C)C)n1. The van der Waals surface area contributed by atoms with E-state index in [1.54, 1.807) is 23.6 Å². The number of hydrogen-bond donors (Lipinski definition) is 2. The van der Waals surface area contributed by atoms with E-state index in [1.165, 1.54) is 11.3 Å². The third-order valence-corrected chi connectivity index (χ3v) is 4.55. The average Bonchev–Trinajstić information content (AvgIpc) is 2.90. The lowest BCUT2D eigenvalue weighted by molar-refractivity contribution is -0.123. The minimum atomic E-state index is -0.493. The van der Waals surface area contributed by atoms with E-state index in [0.29, 0.717) is 21.5 Å². The molecule has 0 atom stereocenters. The Balaban J connectivity index is 1.98. The Morgan fingerprint density at radius 2 is 1.96 bits per heavy atom. The van der Waals surface area contributed by atoms with Gasteiger partial charge in [0.1, 0.15) is 0 Å². The van der Waals surface area contributed by atoms with Gasteiger partial charge in [-0.15, -0.1) is 11.3 Å². The fraction of sp³-hybridized carbons (Fsp3) is 0.353. The van der Waals surface area contributed by atoms with Crippen LogP contribution in [-0.4, -0.2) is 16.8 Å². The van der Waals surface area contributed by atoms with Crippen LogP contribution in [0.5, 0.6) is 0 Å². The second kappa shape index (κ2) is 7.32. The number of halogens is 1. The number of nitrogens with zero attached hydrogens (tertiary/aromatic N) is 1. The van der Waals surface area contributed by atoms with Crippen molar-refractivity contribution in [3.05, 3.63) is 39.9 Å². The molecule has 0 aliphatic heterocycles. The van der Waals surface area contributed by atoms with Crippen LogP contribution in [0.2, 0.25) is 5.02 Å². The van der Waals surface area contributed by atoms with Crippen LogP contribution in [0.25, 0.3) is 0 Å². The molecule has 2 N–H and O–H groups in total. The predicted molar refractivity (Wildman–Crippen MR) is 98.7 cm³/mol. The van der Waals surface area contributed by atoms with Gasteiger partial charge in [0.25, 0.3) is 0 Å². The first kappa shape index (κ1) is 18.4. The highest BCUT2D eigenvalue weighted by atomic mass is 35.5. The monoisotopic (exact) mass is 365 g/mol. The smallest absolute Gasteiger partial charge is 0.231 e. The van der Waals surface area contributed by atoms with Crippen molar-refractivity contribution in [1.29, 1.82) is 0 Å². The highest BCUT2D eigenvalue weighted by molar-refractivity contribution is 7.13. The number of rotatable bonds is 4. The van der Waals surface area contributed by atoms with Gasteiger partial charge in [-0.1, -0.05) is 38.4 Å². The summed E-state index contributed by atoms with van der Waals surface area (Å²) in [5.74, 6) is -0.290. The fourth-order valence-corrected chi connectivity index (χ4v) is 2.71. The minimum absolute atomic E-state index is 0.109. The Kier molecular flexibility index (Phi) is 5.62. The predicted octanol–water partition coefficient (Wildman–Crippen LogP) is 4.27. The van der Waals surface area contributed by atoms with Gasteiger partial charge in [-0.3, -0.25) is 9.59 Å². The van der Waals surface area contributed by atoms with Gasteiger partial charge >= 0.3 is 0 Å². The Morgan fingerprint density at radius 1 is 1.25 bits per heavy atom. The second-order valence-corrected chi connectivity index (χ2v) is 7.75. The molecule has 0 fully saturated rings. The van der Waals surface area contributed by atoms with Gasteiger partial charge < -0.3 is 10.6 Å². The first-order valence-corrected chi connectivity index (χ1v) is 8.73. The molecule has 2 aromatic rings. The lowest BCUT2D eigenvalue weighted by Gasteiger charge is -2.15. The van der Waals surface area contributed by atoms with Crippen molar-refractivity contribution >= 4 is 45.6 Å². The van der Waals surface area contributed by atoms with Gasteiger partial charge in [-0.25, -0.2) is 4.98 Å². The normalized spacial score (nSPS) is 11.2. The number of benzene rings is 1. The maximum Gasteiger partial charge on any atom is 0.231 e. The summed E-state index contributed by atoms with van der Waals surface area (Å²) in [4.78, 5) is 28.4. The van der Waals surface area contributed by atoms with E-state index >= 15 is 0 Å². The van der Waals surface area contributed by atoms with Gasteiger partial charge in [0.15, 0.2) is 5.13 Å². The average molecular weight is 366 g/mol. The van der Waals surface area contributed by atoms with E-state index < -0.39 is 5.41 Å². The molecule has 2 rings (SSSR count). The molecule has 2 amide bonds. The van der Waals surface area contributed by atoms with E-state index in [4.69, 9.17) is 11.6 Å². The summed E-state index contributed by atoms with van der Waals surface area (Å²) in [6.45, 7) is 7.34. The number of carbonyl (C=O) groups is 2. The number of amides is 2. The Bertz CT molecular complexity index is 765. The zero-order valence-corrected chi connectivity index (χ0v) is 15.6. The van der Waals surface area contributed by atoms with Crippen LogP contribution in [-0.2, 0) is 16.0 Å². The van der Waals surface area contributed by atoms with Gasteiger partial charge in [0, 0.05) is 21.5 Å². The number of hydrogen-bond acceptors (Lipinski definition) is 4. The zero-order chi connectivity index (χ0) is 17.9. The minimum Gasteiger partial charge on any atom is -0.325 e. The number of carbonyl (C=O) groups excluding carboxylic acids is 2. The van der Waals surface area contributed by atoms with Crippen LogP contribution in [0, 0.1) is 12.3 Å². The summed E-state index contributed by atoms with van der Waals surface area (Å²) in [5, 5.41) is 8.46. The second-order valence-electron chi connectivity index (χ2n) is 6.49. The van der Waals surface area contributed by atoms with Crippen molar-refractivity contribution in [3.63, 3.8) is 0 Å². The van der Waals surface area contributed by atoms with Crippen LogP contribution in [0.3, 0.4) is 0 Å². The molecule has 0 aliphatic rings. The van der Waals surface area contributed by atoms with Gasteiger partial charge in [0.2, 0.25) is 11.8 Å². The van der Waals surface area contributed by atoms with Crippen LogP contribution in [0.1, 0.15) is 32.0 Å². The van der Waals surface area contributed by atoms with Crippen molar-refractivity contribution in [1.82, 2.24) is 4.98 Å². The number of anilines is 2. The molecule has 128 valence electrons. The van der Waals surface area contributed by atoms with E-state index in [1.807, 2.05) is 27.7 Å². The van der Waals surface area contributed by atoms with Crippen molar-refractivity contribution in [2.24, 2.45) is 5.41 Å². The molecule has 1 aromatic heterocycles. The molecule has 24 heavy (non-hydrogen) atoms. The molecule has 0 saturated heterocycles. The molecule has 0 unspecified atom stereocenters. The summed E-state index contributed by atoms with van der Waals surface area (Å²) in [6, 6.07) is 5.36. The standard InChI is InChI=1S/C17H20ClN3O2S/c1-10-12(18)6-5-7-13(10)20-14(22)8-11-9-24-16(19-11)21-15(23)17(2,3)4/h5-7,9H,8H2,1-4H3,(H,20,22)(H,19,21,23). The van der Waals surface area contributed by atoms with Gasteiger partial charge in [-0.2, -0.15) is 0 Å². The lowest BCUT2D eigenvalue weighted by Crippen LogP contribution is -2.27. The number of aromatic nitrogens is 1. The molecule has 0 spiro atoms. The maximum atomic E-state index is 12.2. The number of nitrogens with one attached hydrogen (secondary N) is 2. The third kappa shape index (κ3) is 4.79. The van der Waals surface area contributed by atoms with E-state index in [2.05, 4.69) is 15.6 Å². The van der Waals surface area contributed by atoms with Crippen LogP contribution < -0.4 is 10.6 Å². The molecule has 0 bridgehead atoms. The number of thiazole rings is 1. The van der Waals surface area contributed by atoms with Crippen molar-refractivity contribution in [2.45, 2.75) is 34.1 Å². The molecule has 1 heterocycles. The highest BCUT2D eigenvalue weighted by Gasteiger charge is 2.22. The van der Waals surface area contributed by atoms with Crippen LogP contribution in [0.15, 0.2) is 23.6 Å². The first-order chi connectivity index (χ1) is 11.2. The van der Waals surface area contributed by atoms with E-state index in [9.17, 15) is 9.59 Å². The van der Waals surface area contributed by atoms with E-state index in [0.717, 1.165) is 5.56 Å². The first-order valence-electron chi connectivity index (χ1n) is 7.47. The van der Waals surface area contributed by atoms with Gasteiger partial charge in [-0.05, 0) is 24.6 Å². The summed E-state index contributed by atoms with van der Waals surface area (Å²) in [7, 11) is 0. The summed E-state index contributed by atoms with van der Waals surface area (Å²) in [5.41, 5.74) is 1.63. The largest absolute Gasteiger partial charge is 0.325 e. The molecular weight excluding hydrogens is 346 g/mol. The molecule has 5 nitrogen and oxygen atoms in total. The topological polar surface area (TPSA) is 71.1 Å². The van der Waals surface area contributed by atoms with Crippen molar-refractivity contribution in [3.8, 4) is 0 Å². The maximum absolute atomic E-state index is 12.2. The lowest BCUT2D eigenvalue weighted by atomic mass is 9.96. The fourth-order valence-electron chi connectivity index (χ4n) is 1.83. The summed E-state index contributed by atoms with van der Waals surface area (Å²) in [6.07, 6.45) is 0.133. The quantitative estimate of drug-likeness (QED) is 0.849.